The lowest BCUT2D eigenvalue weighted by Crippen LogP contribution is -2.29. The Kier molecular flexibility index (Phi) is 5.53. The third kappa shape index (κ3) is 4.21. The van der Waals surface area contributed by atoms with E-state index in [9.17, 15) is 0 Å². The van der Waals surface area contributed by atoms with Gasteiger partial charge in [-0.05, 0) is 22.4 Å². The summed E-state index contributed by atoms with van der Waals surface area (Å²) in [5.74, 6) is 1.68. The van der Waals surface area contributed by atoms with E-state index in [1.165, 1.54) is 0 Å². The molecule has 0 spiro atoms. The average Bonchev–Trinajstić information content (AvgIpc) is 2.27. The summed E-state index contributed by atoms with van der Waals surface area (Å²) in [5, 5.41) is 9.13. The number of nitrogens with zero attached hydrogens (tertiary/aromatic N) is 3. The maximum absolute atomic E-state index is 9.13. The van der Waals surface area contributed by atoms with Crippen LogP contribution in [0.5, 0.6) is 0 Å². The van der Waals surface area contributed by atoms with Crippen molar-refractivity contribution in [2.24, 2.45) is 0 Å². The molecule has 4 nitrogen and oxygen atoms in total. The largest absolute Gasteiger partial charge is 0.395 e. The molecule has 0 saturated heterocycles. The van der Waals surface area contributed by atoms with Gasteiger partial charge in [-0.1, -0.05) is 27.7 Å². The first-order valence-electron chi connectivity index (χ1n) is 6.29. The number of aliphatic hydroxyl groups excluding tert-OH is 1. The van der Waals surface area contributed by atoms with Gasteiger partial charge in [0.05, 0.1) is 6.61 Å². The van der Waals surface area contributed by atoms with Crippen LogP contribution in [0.2, 0.25) is 0 Å². The lowest BCUT2D eigenvalue weighted by molar-refractivity contribution is 0.301. The van der Waals surface area contributed by atoms with Crippen LogP contribution < -0.4 is 4.90 Å². The van der Waals surface area contributed by atoms with Gasteiger partial charge in [0.2, 0.25) is 0 Å². The SMILES string of the molecule is CCCN(CCO)c1cc(Br)nc(C(C)(C)C)n1. The molecule has 1 N–H and O–H groups in total. The van der Waals surface area contributed by atoms with Crippen molar-refractivity contribution in [3.63, 3.8) is 0 Å². The average molecular weight is 316 g/mol. The summed E-state index contributed by atoms with van der Waals surface area (Å²) in [7, 11) is 0. The zero-order chi connectivity index (χ0) is 13.8. The topological polar surface area (TPSA) is 49.2 Å². The Morgan fingerprint density at radius 2 is 1.94 bits per heavy atom. The van der Waals surface area contributed by atoms with Crippen molar-refractivity contribution in [1.29, 1.82) is 0 Å². The standard InChI is InChI=1S/C13H22BrN3O/c1-5-6-17(7-8-18)11-9-10(14)15-12(16-11)13(2,3)4/h9,18H,5-8H2,1-4H3. The van der Waals surface area contributed by atoms with Crippen LogP contribution in [0.4, 0.5) is 5.82 Å². The number of rotatable bonds is 5. The molecule has 0 aliphatic carbocycles. The minimum Gasteiger partial charge on any atom is -0.395 e. The van der Waals surface area contributed by atoms with Crippen LogP contribution >= 0.6 is 15.9 Å². The Balaban J connectivity index is 3.10. The molecule has 0 saturated carbocycles. The Morgan fingerprint density at radius 1 is 1.28 bits per heavy atom. The first-order valence-corrected chi connectivity index (χ1v) is 7.08. The van der Waals surface area contributed by atoms with Crippen LogP contribution in [-0.2, 0) is 5.41 Å². The first-order chi connectivity index (χ1) is 8.38. The van der Waals surface area contributed by atoms with Crippen molar-refractivity contribution >= 4 is 21.7 Å². The third-order valence-corrected chi connectivity index (χ3v) is 2.95. The molecular formula is C13H22BrN3O. The number of halogens is 1. The van der Waals surface area contributed by atoms with Crippen molar-refractivity contribution in [3.05, 3.63) is 16.5 Å². The van der Waals surface area contributed by atoms with Gasteiger partial charge in [0.15, 0.2) is 0 Å². The van der Waals surface area contributed by atoms with E-state index in [4.69, 9.17) is 5.11 Å². The molecule has 102 valence electrons. The summed E-state index contributed by atoms with van der Waals surface area (Å²) < 4.78 is 0.788. The summed E-state index contributed by atoms with van der Waals surface area (Å²) >= 11 is 3.44. The summed E-state index contributed by atoms with van der Waals surface area (Å²) in [6, 6.07) is 1.90. The number of hydrogen-bond acceptors (Lipinski definition) is 4. The predicted molar refractivity (Wildman–Crippen MR) is 78.0 cm³/mol. The van der Waals surface area contributed by atoms with Gasteiger partial charge in [-0.3, -0.25) is 0 Å². The van der Waals surface area contributed by atoms with Gasteiger partial charge in [-0.2, -0.15) is 0 Å². The molecule has 0 aliphatic heterocycles. The molecule has 0 aromatic carbocycles. The minimum absolute atomic E-state index is 0.0877. The van der Waals surface area contributed by atoms with Gasteiger partial charge < -0.3 is 10.0 Å². The Labute approximate surface area is 118 Å². The van der Waals surface area contributed by atoms with Crippen LogP contribution in [0.25, 0.3) is 0 Å². The molecule has 0 atom stereocenters. The predicted octanol–water partition coefficient (Wildman–Crippen LogP) is 2.75. The van der Waals surface area contributed by atoms with Gasteiger partial charge in [0.25, 0.3) is 0 Å². The monoisotopic (exact) mass is 315 g/mol. The molecule has 1 aromatic heterocycles. The second-order valence-corrected chi connectivity index (χ2v) is 6.15. The van der Waals surface area contributed by atoms with Crippen molar-refractivity contribution in [2.75, 3.05) is 24.6 Å². The number of aromatic nitrogens is 2. The van der Waals surface area contributed by atoms with Crippen LogP contribution in [0.1, 0.15) is 39.9 Å². The van der Waals surface area contributed by atoms with Crippen molar-refractivity contribution < 1.29 is 5.11 Å². The molecule has 0 amide bonds. The van der Waals surface area contributed by atoms with Crippen LogP contribution in [0.3, 0.4) is 0 Å². The highest BCUT2D eigenvalue weighted by Crippen LogP contribution is 2.24. The van der Waals surface area contributed by atoms with E-state index in [-0.39, 0.29) is 12.0 Å². The second-order valence-electron chi connectivity index (χ2n) is 5.33. The zero-order valence-corrected chi connectivity index (χ0v) is 13.2. The fourth-order valence-electron chi connectivity index (χ4n) is 1.63. The maximum Gasteiger partial charge on any atom is 0.137 e. The third-order valence-electron chi connectivity index (χ3n) is 2.54. The van der Waals surface area contributed by atoms with E-state index in [2.05, 4.69) is 58.5 Å². The highest BCUT2D eigenvalue weighted by atomic mass is 79.9. The molecule has 1 aromatic rings. The summed E-state index contributed by atoms with van der Waals surface area (Å²) in [6.07, 6.45) is 1.02. The molecule has 0 unspecified atom stereocenters. The van der Waals surface area contributed by atoms with Crippen molar-refractivity contribution in [3.8, 4) is 0 Å². The fourth-order valence-corrected chi connectivity index (χ4v) is 2.01. The summed E-state index contributed by atoms with van der Waals surface area (Å²) in [5.41, 5.74) is -0.0877. The van der Waals surface area contributed by atoms with Gasteiger partial charge in [-0.25, -0.2) is 9.97 Å². The highest BCUT2D eigenvalue weighted by molar-refractivity contribution is 9.10. The smallest absolute Gasteiger partial charge is 0.137 e. The fraction of sp³-hybridized carbons (Fsp3) is 0.692. The molecule has 0 radical (unpaired) electrons. The van der Waals surface area contributed by atoms with Crippen LogP contribution in [-0.4, -0.2) is 34.8 Å². The van der Waals surface area contributed by atoms with Crippen LogP contribution in [0.15, 0.2) is 10.7 Å². The Hall–Kier alpha value is -0.680. The lowest BCUT2D eigenvalue weighted by atomic mass is 9.96. The van der Waals surface area contributed by atoms with E-state index < -0.39 is 0 Å². The van der Waals surface area contributed by atoms with Crippen molar-refractivity contribution in [2.45, 2.75) is 39.5 Å². The number of anilines is 1. The lowest BCUT2D eigenvalue weighted by Gasteiger charge is -2.25. The molecule has 5 heteroatoms. The molecule has 1 heterocycles. The second kappa shape index (κ2) is 6.48. The van der Waals surface area contributed by atoms with Crippen molar-refractivity contribution in [1.82, 2.24) is 9.97 Å². The first kappa shape index (κ1) is 15.4. The molecule has 0 aliphatic rings. The molecule has 1 rings (SSSR count). The van der Waals surface area contributed by atoms with E-state index in [0.717, 1.165) is 29.2 Å². The maximum atomic E-state index is 9.13. The normalized spacial score (nSPS) is 11.7. The number of hydrogen-bond donors (Lipinski definition) is 1. The van der Waals surface area contributed by atoms with E-state index in [1.54, 1.807) is 0 Å². The molecule has 0 fully saturated rings. The van der Waals surface area contributed by atoms with E-state index in [1.807, 2.05) is 6.07 Å². The Morgan fingerprint density at radius 3 is 2.44 bits per heavy atom. The quantitative estimate of drug-likeness (QED) is 0.849. The summed E-state index contributed by atoms with van der Waals surface area (Å²) in [4.78, 5) is 11.1. The van der Waals surface area contributed by atoms with Gasteiger partial charge >= 0.3 is 0 Å². The van der Waals surface area contributed by atoms with E-state index in [0.29, 0.717) is 6.54 Å². The molecular weight excluding hydrogens is 294 g/mol. The summed E-state index contributed by atoms with van der Waals surface area (Å²) in [6.45, 7) is 10.0. The van der Waals surface area contributed by atoms with Crippen LogP contribution in [0, 0.1) is 0 Å². The minimum atomic E-state index is -0.0877. The highest BCUT2D eigenvalue weighted by Gasteiger charge is 2.20. The molecule has 18 heavy (non-hydrogen) atoms. The zero-order valence-electron chi connectivity index (χ0n) is 11.6. The van der Waals surface area contributed by atoms with E-state index >= 15 is 0 Å². The Bertz CT molecular complexity index is 384. The van der Waals surface area contributed by atoms with Gasteiger partial charge in [-0.15, -0.1) is 0 Å². The molecule has 0 bridgehead atoms. The van der Waals surface area contributed by atoms with Gasteiger partial charge in [0.1, 0.15) is 16.2 Å². The number of aliphatic hydroxyl groups is 1. The van der Waals surface area contributed by atoms with Gasteiger partial charge in [0, 0.05) is 24.6 Å².